The number of methoxy groups -OCH3 is 4. The molecule has 0 bridgehead atoms. The number of sulfonamides is 1. The summed E-state index contributed by atoms with van der Waals surface area (Å²) in [6.07, 6.45) is 0.955. The number of nitrogens with one attached hydrogen (secondary N) is 1. The van der Waals surface area contributed by atoms with Crippen molar-refractivity contribution in [3.05, 3.63) is 71.2 Å². The Morgan fingerprint density at radius 1 is 0.848 bits per heavy atom. The number of amides is 2. The molecule has 46 heavy (non-hydrogen) atoms. The minimum absolute atomic E-state index is 0.0373. The van der Waals surface area contributed by atoms with Crippen LogP contribution in [0.15, 0.2) is 65.6 Å². The van der Waals surface area contributed by atoms with Gasteiger partial charge in [-0.1, -0.05) is 43.6 Å². The highest BCUT2D eigenvalue weighted by molar-refractivity contribution is 7.92. The van der Waals surface area contributed by atoms with Gasteiger partial charge in [-0.05, 0) is 55.7 Å². The van der Waals surface area contributed by atoms with Gasteiger partial charge in [0.25, 0.3) is 10.0 Å². The summed E-state index contributed by atoms with van der Waals surface area (Å²) < 4.78 is 51.5. The van der Waals surface area contributed by atoms with Crippen molar-refractivity contribution in [1.82, 2.24) is 10.2 Å². The molecule has 3 aromatic carbocycles. The van der Waals surface area contributed by atoms with Crippen molar-refractivity contribution in [1.29, 1.82) is 0 Å². The van der Waals surface area contributed by atoms with E-state index in [0.29, 0.717) is 28.5 Å². The summed E-state index contributed by atoms with van der Waals surface area (Å²) in [4.78, 5) is 29.2. The van der Waals surface area contributed by atoms with Crippen molar-refractivity contribution in [2.24, 2.45) is 0 Å². The van der Waals surface area contributed by atoms with Crippen LogP contribution in [0.3, 0.4) is 0 Å². The van der Waals surface area contributed by atoms with E-state index >= 15 is 0 Å². The Labute approximate surface area is 276 Å². The number of benzene rings is 3. The predicted octanol–water partition coefficient (Wildman–Crippen LogP) is 5.29. The van der Waals surface area contributed by atoms with Crippen LogP contribution < -0.4 is 28.6 Å². The third-order valence-electron chi connectivity index (χ3n) is 7.56. The van der Waals surface area contributed by atoms with Crippen molar-refractivity contribution in [2.45, 2.75) is 57.1 Å². The van der Waals surface area contributed by atoms with Crippen molar-refractivity contribution in [3.8, 4) is 23.0 Å². The Balaban J connectivity index is 2.21. The van der Waals surface area contributed by atoms with E-state index in [2.05, 4.69) is 5.32 Å². The summed E-state index contributed by atoms with van der Waals surface area (Å²) in [5, 5.41) is 3.36. The first-order valence-corrected chi connectivity index (χ1v) is 16.6. The van der Waals surface area contributed by atoms with Gasteiger partial charge >= 0.3 is 0 Å². The Hall–Kier alpha value is -4.16. The molecular weight excluding hydrogens is 634 g/mol. The second-order valence-corrected chi connectivity index (χ2v) is 12.7. The van der Waals surface area contributed by atoms with E-state index in [9.17, 15) is 18.0 Å². The molecule has 0 heterocycles. The van der Waals surface area contributed by atoms with Gasteiger partial charge in [-0.2, -0.15) is 0 Å². The molecule has 13 heteroatoms. The molecule has 2 atom stereocenters. The normalized spacial score (nSPS) is 12.4. The average molecular weight is 676 g/mol. The molecule has 3 aromatic rings. The number of ether oxygens (including phenoxy) is 4. The maximum Gasteiger partial charge on any atom is 0.265 e. The summed E-state index contributed by atoms with van der Waals surface area (Å²) in [5.74, 6) is 0.0260. The highest BCUT2D eigenvalue weighted by Gasteiger charge is 2.36. The number of nitrogens with zero attached hydrogens (tertiary/aromatic N) is 2. The summed E-state index contributed by atoms with van der Waals surface area (Å²) >= 11 is 6.49. The van der Waals surface area contributed by atoms with Crippen LogP contribution in [0, 0.1) is 0 Å². The maximum absolute atomic E-state index is 14.5. The van der Waals surface area contributed by atoms with Crippen molar-refractivity contribution in [3.63, 3.8) is 0 Å². The number of anilines is 1. The van der Waals surface area contributed by atoms with Crippen molar-refractivity contribution < 1.29 is 37.0 Å². The minimum atomic E-state index is -4.47. The lowest BCUT2D eigenvalue weighted by molar-refractivity contribution is -0.140. The van der Waals surface area contributed by atoms with Gasteiger partial charge in [-0.15, -0.1) is 0 Å². The van der Waals surface area contributed by atoms with Gasteiger partial charge < -0.3 is 29.2 Å². The number of rotatable bonds is 16. The number of hydrogen-bond acceptors (Lipinski definition) is 8. The fraction of sp³-hybridized carbons (Fsp3) is 0.394. The highest BCUT2D eigenvalue weighted by Crippen LogP contribution is 2.38. The topological polar surface area (TPSA) is 124 Å². The molecule has 2 amide bonds. The quantitative estimate of drug-likeness (QED) is 0.217. The fourth-order valence-electron chi connectivity index (χ4n) is 4.78. The maximum atomic E-state index is 14.5. The van der Waals surface area contributed by atoms with Crippen molar-refractivity contribution in [2.75, 3.05) is 39.3 Å². The average Bonchev–Trinajstić information content (AvgIpc) is 3.06. The molecule has 11 nitrogen and oxygen atoms in total. The fourth-order valence-corrected chi connectivity index (χ4v) is 6.41. The molecule has 0 aliphatic carbocycles. The first-order valence-electron chi connectivity index (χ1n) is 14.8. The summed E-state index contributed by atoms with van der Waals surface area (Å²) in [5.41, 5.74) is 0.653. The van der Waals surface area contributed by atoms with Crippen molar-refractivity contribution >= 4 is 39.1 Å². The van der Waals surface area contributed by atoms with Crippen LogP contribution in [0.2, 0.25) is 5.02 Å². The molecule has 0 aromatic heterocycles. The molecular formula is C33H42ClN3O8S. The van der Waals surface area contributed by atoms with E-state index in [4.69, 9.17) is 30.5 Å². The van der Waals surface area contributed by atoms with E-state index in [-0.39, 0.29) is 47.0 Å². The van der Waals surface area contributed by atoms with Gasteiger partial charge in [-0.3, -0.25) is 13.9 Å². The molecule has 0 aliphatic heterocycles. The van der Waals surface area contributed by atoms with Crippen LogP contribution in [-0.2, 0) is 26.2 Å². The van der Waals surface area contributed by atoms with Crippen LogP contribution in [0.25, 0.3) is 0 Å². The number of halogens is 1. The van der Waals surface area contributed by atoms with E-state index in [1.807, 2.05) is 13.8 Å². The predicted molar refractivity (Wildman–Crippen MR) is 178 cm³/mol. The molecule has 3 rings (SSSR count). The van der Waals surface area contributed by atoms with Gasteiger partial charge in [0.2, 0.25) is 11.8 Å². The molecule has 0 fully saturated rings. The summed E-state index contributed by atoms with van der Waals surface area (Å²) in [7, 11) is 1.20. The third kappa shape index (κ3) is 8.35. The van der Waals surface area contributed by atoms with E-state index < -0.39 is 28.5 Å². The lowest BCUT2D eigenvalue weighted by Gasteiger charge is -2.34. The molecule has 0 unspecified atom stereocenters. The second kappa shape index (κ2) is 16.4. The van der Waals surface area contributed by atoms with E-state index in [0.717, 1.165) is 4.31 Å². The van der Waals surface area contributed by atoms with E-state index in [1.165, 1.54) is 57.6 Å². The lowest BCUT2D eigenvalue weighted by atomic mass is 10.1. The Morgan fingerprint density at radius 3 is 2.09 bits per heavy atom. The lowest BCUT2D eigenvalue weighted by Crippen LogP contribution is -2.53. The van der Waals surface area contributed by atoms with E-state index in [1.54, 1.807) is 43.3 Å². The van der Waals surface area contributed by atoms with Gasteiger partial charge in [0.1, 0.15) is 24.1 Å². The third-order valence-corrected chi connectivity index (χ3v) is 9.69. The minimum Gasteiger partial charge on any atom is -0.497 e. The molecule has 250 valence electrons. The highest BCUT2D eigenvalue weighted by atomic mass is 35.5. The molecule has 0 radical (unpaired) electrons. The number of hydrogen-bond donors (Lipinski definition) is 1. The molecule has 0 saturated carbocycles. The molecule has 0 spiro atoms. The van der Waals surface area contributed by atoms with Gasteiger partial charge in [0, 0.05) is 29.7 Å². The standard InChI is InChI=1S/C33H42ClN3O8S/c1-8-22(3)35-33(39)27(9-2)36(20-23-12-10-11-13-26(23)34)32(38)21-37(28-18-24(42-4)14-16-29(28)43-5)46(40,41)25-15-17-30(44-6)31(19-25)45-7/h10-19,22,27H,8-9,20-21H2,1-7H3,(H,35,39)/t22-,27+/m1/s1. The SMILES string of the molecule is CC[C@@H](C)NC(=O)[C@H](CC)N(Cc1ccccc1Cl)C(=O)CN(c1cc(OC)ccc1OC)S(=O)(=O)c1ccc(OC)c(OC)c1. The van der Waals surface area contributed by atoms with Gasteiger partial charge in [0.15, 0.2) is 11.5 Å². The smallest absolute Gasteiger partial charge is 0.265 e. The summed E-state index contributed by atoms with van der Waals surface area (Å²) in [6, 6.07) is 14.7. The zero-order chi connectivity index (χ0) is 34.0. The second-order valence-electron chi connectivity index (χ2n) is 10.4. The molecule has 0 saturated heterocycles. The van der Waals surface area contributed by atoms with Gasteiger partial charge in [0.05, 0.1) is 39.0 Å². The van der Waals surface area contributed by atoms with Crippen LogP contribution in [0.4, 0.5) is 5.69 Å². The molecule has 1 N–H and O–H groups in total. The van der Waals surface area contributed by atoms with Crippen LogP contribution in [-0.4, -0.2) is 72.2 Å². The first-order chi connectivity index (χ1) is 21.9. The summed E-state index contributed by atoms with van der Waals surface area (Å²) in [6.45, 7) is 4.88. The zero-order valence-electron chi connectivity index (χ0n) is 27.2. The number of carbonyl (C=O) groups is 2. The first kappa shape index (κ1) is 36.3. The largest absolute Gasteiger partial charge is 0.497 e. The monoisotopic (exact) mass is 675 g/mol. The number of carbonyl (C=O) groups excluding carboxylic acids is 2. The Morgan fingerprint density at radius 2 is 1.50 bits per heavy atom. The Kier molecular flexibility index (Phi) is 13.0. The van der Waals surface area contributed by atoms with Crippen LogP contribution in [0.5, 0.6) is 23.0 Å². The molecule has 0 aliphatic rings. The van der Waals surface area contributed by atoms with Crippen LogP contribution in [0.1, 0.15) is 39.2 Å². The zero-order valence-corrected chi connectivity index (χ0v) is 28.8. The Bertz CT molecular complexity index is 1620. The van der Waals surface area contributed by atoms with Gasteiger partial charge in [-0.25, -0.2) is 8.42 Å². The van der Waals surface area contributed by atoms with Crippen LogP contribution >= 0.6 is 11.6 Å².